The van der Waals surface area contributed by atoms with Gasteiger partial charge in [-0.3, -0.25) is 0 Å². The van der Waals surface area contributed by atoms with E-state index in [0.29, 0.717) is 0 Å². The summed E-state index contributed by atoms with van der Waals surface area (Å²) in [6.45, 7) is 3.68. The van der Waals surface area contributed by atoms with Crippen LogP contribution in [0.15, 0.2) is 36.5 Å². The molecule has 1 aliphatic carbocycles. The quantitative estimate of drug-likeness (QED) is 0.916. The molecule has 1 saturated carbocycles. The summed E-state index contributed by atoms with van der Waals surface area (Å²) in [6, 6.07) is 10.4. The van der Waals surface area contributed by atoms with E-state index in [2.05, 4.69) is 34.2 Å². The van der Waals surface area contributed by atoms with Crippen molar-refractivity contribution in [3.8, 4) is 0 Å². The summed E-state index contributed by atoms with van der Waals surface area (Å²) >= 11 is 0. The van der Waals surface area contributed by atoms with Crippen molar-refractivity contribution in [1.82, 2.24) is 9.97 Å². The molecule has 1 aromatic heterocycles. The van der Waals surface area contributed by atoms with E-state index in [9.17, 15) is 5.11 Å². The second-order valence-electron chi connectivity index (χ2n) is 5.36. The molecule has 3 rings (SSSR count). The highest BCUT2D eigenvalue weighted by atomic mass is 16.3. The van der Waals surface area contributed by atoms with Gasteiger partial charge in [-0.25, -0.2) is 9.97 Å². The average molecular weight is 254 g/mol. The Bertz CT molecular complexity index is 589. The molecular formula is C16H18N2O. The van der Waals surface area contributed by atoms with Crippen molar-refractivity contribution < 1.29 is 5.11 Å². The zero-order valence-electron chi connectivity index (χ0n) is 11.3. The lowest BCUT2D eigenvalue weighted by Crippen LogP contribution is -2.15. The van der Waals surface area contributed by atoms with Gasteiger partial charge in [0.05, 0.1) is 11.5 Å². The Morgan fingerprint density at radius 3 is 2.42 bits per heavy atom. The summed E-state index contributed by atoms with van der Waals surface area (Å²) in [6.07, 6.45) is 3.46. The molecule has 0 spiro atoms. The standard InChI is InChI=1S/C16H18N2O/c1-11-14(12(2)19)10-17-15(18-11)16(8-9-16)13-6-4-3-5-7-13/h3-7,10,12,19H,8-9H2,1-2H3. The predicted molar refractivity (Wildman–Crippen MR) is 73.9 cm³/mol. The molecule has 3 heteroatoms. The molecule has 0 saturated heterocycles. The monoisotopic (exact) mass is 254 g/mol. The van der Waals surface area contributed by atoms with Crippen molar-refractivity contribution in [2.75, 3.05) is 0 Å². The third-order valence-electron chi connectivity index (χ3n) is 3.97. The number of hydrogen-bond acceptors (Lipinski definition) is 3. The first-order valence-electron chi connectivity index (χ1n) is 6.71. The van der Waals surface area contributed by atoms with E-state index in [1.54, 1.807) is 13.1 Å². The highest BCUT2D eigenvalue weighted by molar-refractivity contribution is 5.39. The Kier molecular flexibility index (Phi) is 2.86. The van der Waals surface area contributed by atoms with Gasteiger partial charge in [-0.1, -0.05) is 30.3 Å². The molecule has 0 radical (unpaired) electrons. The number of aromatic nitrogens is 2. The van der Waals surface area contributed by atoms with E-state index in [4.69, 9.17) is 0 Å². The lowest BCUT2D eigenvalue weighted by atomic mass is 9.95. The molecule has 1 atom stereocenters. The maximum Gasteiger partial charge on any atom is 0.139 e. The van der Waals surface area contributed by atoms with Crippen LogP contribution in [0.2, 0.25) is 0 Å². The third-order valence-corrected chi connectivity index (χ3v) is 3.97. The van der Waals surface area contributed by atoms with Gasteiger partial charge in [0.2, 0.25) is 0 Å². The van der Waals surface area contributed by atoms with Gasteiger partial charge in [-0.05, 0) is 32.3 Å². The van der Waals surface area contributed by atoms with Crippen LogP contribution >= 0.6 is 0 Å². The van der Waals surface area contributed by atoms with Crippen LogP contribution in [-0.2, 0) is 5.41 Å². The molecule has 3 nitrogen and oxygen atoms in total. The van der Waals surface area contributed by atoms with Crippen molar-refractivity contribution in [3.63, 3.8) is 0 Å². The van der Waals surface area contributed by atoms with Crippen LogP contribution in [0.4, 0.5) is 0 Å². The molecule has 2 aromatic rings. The summed E-state index contributed by atoms with van der Waals surface area (Å²) in [5, 5.41) is 9.65. The molecule has 98 valence electrons. The van der Waals surface area contributed by atoms with Gasteiger partial charge in [0.15, 0.2) is 0 Å². The number of rotatable bonds is 3. The fourth-order valence-electron chi connectivity index (χ4n) is 2.64. The van der Waals surface area contributed by atoms with Crippen LogP contribution in [0.1, 0.15) is 48.5 Å². The molecule has 1 heterocycles. The molecule has 1 aromatic carbocycles. The molecular weight excluding hydrogens is 236 g/mol. The second-order valence-corrected chi connectivity index (χ2v) is 5.36. The molecule has 1 N–H and O–H groups in total. The van der Waals surface area contributed by atoms with E-state index < -0.39 is 6.10 Å². The Morgan fingerprint density at radius 1 is 1.21 bits per heavy atom. The van der Waals surface area contributed by atoms with Gasteiger partial charge < -0.3 is 5.11 Å². The molecule has 1 aliphatic rings. The minimum absolute atomic E-state index is 0.00322. The van der Waals surface area contributed by atoms with Gasteiger partial charge in [0.25, 0.3) is 0 Å². The predicted octanol–water partition coefficient (Wildman–Crippen LogP) is 2.92. The number of aliphatic hydroxyl groups excluding tert-OH is 1. The summed E-state index contributed by atoms with van der Waals surface area (Å²) < 4.78 is 0. The van der Waals surface area contributed by atoms with Crippen molar-refractivity contribution in [1.29, 1.82) is 0 Å². The zero-order valence-corrected chi connectivity index (χ0v) is 11.3. The first-order valence-corrected chi connectivity index (χ1v) is 6.71. The Balaban J connectivity index is 2.02. The van der Waals surface area contributed by atoms with Crippen LogP contribution in [0.25, 0.3) is 0 Å². The number of benzene rings is 1. The summed E-state index contributed by atoms with van der Waals surface area (Å²) in [4.78, 5) is 9.13. The molecule has 19 heavy (non-hydrogen) atoms. The van der Waals surface area contributed by atoms with E-state index in [1.165, 1.54) is 5.56 Å². The fourth-order valence-corrected chi connectivity index (χ4v) is 2.64. The van der Waals surface area contributed by atoms with Gasteiger partial charge in [0, 0.05) is 17.5 Å². The summed E-state index contributed by atoms with van der Waals surface area (Å²) in [5.74, 6) is 0.889. The van der Waals surface area contributed by atoms with E-state index in [0.717, 1.165) is 29.9 Å². The van der Waals surface area contributed by atoms with Crippen molar-refractivity contribution >= 4 is 0 Å². The van der Waals surface area contributed by atoms with Crippen molar-refractivity contribution in [2.24, 2.45) is 0 Å². The topological polar surface area (TPSA) is 46.0 Å². The molecule has 0 amide bonds. The average Bonchev–Trinajstić information content (AvgIpc) is 3.20. The molecule has 1 unspecified atom stereocenters. The van der Waals surface area contributed by atoms with Gasteiger partial charge >= 0.3 is 0 Å². The Morgan fingerprint density at radius 2 is 1.89 bits per heavy atom. The number of hydrogen-bond donors (Lipinski definition) is 1. The zero-order chi connectivity index (χ0) is 13.5. The number of aliphatic hydroxyl groups is 1. The second kappa shape index (κ2) is 4.42. The molecule has 1 fully saturated rings. The van der Waals surface area contributed by atoms with Crippen LogP contribution in [0, 0.1) is 6.92 Å². The molecule has 0 bridgehead atoms. The minimum atomic E-state index is -0.513. The van der Waals surface area contributed by atoms with E-state index in [-0.39, 0.29) is 5.41 Å². The fraction of sp³-hybridized carbons (Fsp3) is 0.375. The first-order chi connectivity index (χ1) is 9.13. The van der Waals surface area contributed by atoms with Crippen LogP contribution < -0.4 is 0 Å². The van der Waals surface area contributed by atoms with Crippen LogP contribution in [0.3, 0.4) is 0 Å². The maximum atomic E-state index is 9.65. The SMILES string of the molecule is Cc1nc(C2(c3ccccc3)CC2)ncc1C(C)O. The van der Waals surface area contributed by atoms with Crippen LogP contribution in [0.5, 0.6) is 0 Å². The van der Waals surface area contributed by atoms with Gasteiger partial charge in [-0.2, -0.15) is 0 Å². The number of aryl methyl sites for hydroxylation is 1. The van der Waals surface area contributed by atoms with Crippen molar-refractivity contribution in [3.05, 3.63) is 59.2 Å². The lowest BCUT2D eigenvalue weighted by Gasteiger charge is -2.16. The minimum Gasteiger partial charge on any atom is -0.389 e. The van der Waals surface area contributed by atoms with E-state index >= 15 is 0 Å². The largest absolute Gasteiger partial charge is 0.389 e. The lowest BCUT2D eigenvalue weighted by molar-refractivity contribution is 0.197. The van der Waals surface area contributed by atoms with Crippen molar-refractivity contribution in [2.45, 2.75) is 38.2 Å². The smallest absolute Gasteiger partial charge is 0.139 e. The Hall–Kier alpha value is -1.74. The number of nitrogens with zero attached hydrogens (tertiary/aromatic N) is 2. The highest BCUT2D eigenvalue weighted by Gasteiger charge is 2.48. The molecule has 0 aliphatic heterocycles. The van der Waals surface area contributed by atoms with Gasteiger partial charge in [0.1, 0.15) is 5.82 Å². The summed E-state index contributed by atoms with van der Waals surface area (Å²) in [5.41, 5.74) is 2.98. The maximum absolute atomic E-state index is 9.65. The van der Waals surface area contributed by atoms with Gasteiger partial charge in [-0.15, -0.1) is 0 Å². The normalized spacial score (nSPS) is 18.1. The summed E-state index contributed by atoms with van der Waals surface area (Å²) in [7, 11) is 0. The highest BCUT2D eigenvalue weighted by Crippen LogP contribution is 2.52. The third kappa shape index (κ3) is 2.04. The Labute approximate surface area is 113 Å². The van der Waals surface area contributed by atoms with E-state index in [1.807, 2.05) is 13.0 Å². The van der Waals surface area contributed by atoms with Crippen LogP contribution in [-0.4, -0.2) is 15.1 Å². The first kappa shape index (κ1) is 12.3.